The van der Waals surface area contributed by atoms with E-state index >= 15 is 0 Å². The highest BCUT2D eigenvalue weighted by molar-refractivity contribution is 9.10. The maximum Gasteiger partial charge on any atom is 0.255 e. The van der Waals surface area contributed by atoms with Crippen molar-refractivity contribution in [2.45, 2.75) is 39.8 Å². The molecule has 1 amide bonds. The summed E-state index contributed by atoms with van der Waals surface area (Å²) in [4.78, 5) is 12.3. The van der Waals surface area contributed by atoms with Crippen LogP contribution in [0.5, 0.6) is 0 Å². The molecule has 0 spiro atoms. The normalized spacial score (nSPS) is 26.8. The molecule has 0 aromatic heterocycles. The second kappa shape index (κ2) is 4.81. The van der Waals surface area contributed by atoms with Crippen LogP contribution in [-0.4, -0.2) is 18.0 Å². The van der Waals surface area contributed by atoms with Crippen molar-refractivity contribution in [3.63, 3.8) is 0 Å². The van der Waals surface area contributed by atoms with Gasteiger partial charge in [0, 0.05) is 27.4 Å². The molecule has 0 radical (unpaired) electrons. The Morgan fingerprint density at radius 1 is 1.30 bits per heavy atom. The Hall–Kier alpha value is -0.940. The number of benzene rings is 1. The van der Waals surface area contributed by atoms with Gasteiger partial charge in [-0.2, -0.15) is 0 Å². The summed E-state index contributed by atoms with van der Waals surface area (Å²) in [6.45, 7) is 8.07. The number of nitrogens with two attached hydrogens (primary N) is 1. The molecule has 0 atom stereocenters. The molecule has 5 heteroatoms. The van der Waals surface area contributed by atoms with E-state index in [1.54, 1.807) is 12.1 Å². The Morgan fingerprint density at radius 2 is 1.85 bits per heavy atom. The molecule has 0 saturated heterocycles. The second-order valence-corrected chi connectivity index (χ2v) is 7.48. The van der Waals surface area contributed by atoms with Gasteiger partial charge in [-0.3, -0.25) is 4.79 Å². The van der Waals surface area contributed by atoms with E-state index in [9.17, 15) is 9.18 Å². The van der Waals surface area contributed by atoms with Crippen LogP contribution in [0.2, 0.25) is 0 Å². The first kappa shape index (κ1) is 15.4. The summed E-state index contributed by atoms with van der Waals surface area (Å²) in [6, 6.07) is 4.39. The molecular formula is C15H20BrFN2O. The van der Waals surface area contributed by atoms with E-state index in [-0.39, 0.29) is 28.5 Å². The van der Waals surface area contributed by atoms with Gasteiger partial charge in [0.25, 0.3) is 5.91 Å². The molecular weight excluding hydrogens is 323 g/mol. The molecule has 1 aromatic carbocycles. The fourth-order valence-electron chi connectivity index (χ4n) is 3.47. The van der Waals surface area contributed by atoms with E-state index in [0.717, 1.165) is 0 Å². The van der Waals surface area contributed by atoms with Gasteiger partial charge in [-0.15, -0.1) is 0 Å². The molecule has 0 unspecified atom stereocenters. The van der Waals surface area contributed by atoms with Gasteiger partial charge in [0.1, 0.15) is 5.82 Å². The topological polar surface area (TPSA) is 55.1 Å². The third-order valence-corrected chi connectivity index (χ3v) is 5.22. The van der Waals surface area contributed by atoms with Crippen LogP contribution in [0.3, 0.4) is 0 Å². The monoisotopic (exact) mass is 342 g/mol. The lowest BCUT2D eigenvalue weighted by Gasteiger charge is -2.62. The highest BCUT2D eigenvalue weighted by atomic mass is 79.9. The highest BCUT2D eigenvalue weighted by Crippen LogP contribution is 2.52. The van der Waals surface area contributed by atoms with Crippen molar-refractivity contribution in [1.82, 2.24) is 5.32 Å². The second-order valence-electron chi connectivity index (χ2n) is 6.62. The molecule has 1 fully saturated rings. The van der Waals surface area contributed by atoms with Crippen LogP contribution in [0.1, 0.15) is 38.1 Å². The fourth-order valence-corrected chi connectivity index (χ4v) is 3.99. The van der Waals surface area contributed by atoms with Crippen molar-refractivity contribution in [3.05, 3.63) is 34.1 Å². The Balaban J connectivity index is 2.25. The molecule has 1 saturated carbocycles. The van der Waals surface area contributed by atoms with Gasteiger partial charge in [-0.25, -0.2) is 4.39 Å². The standard InChI is InChI=1S/C15H20BrFN2O/c1-14(2)12(18)15(3,4)13(14)19-11(20)10-8(16)6-5-7-9(10)17/h5-7,12-13H,18H2,1-4H3,(H,19,20). The van der Waals surface area contributed by atoms with Gasteiger partial charge in [-0.1, -0.05) is 33.8 Å². The van der Waals surface area contributed by atoms with Crippen molar-refractivity contribution in [2.24, 2.45) is 16.6 Å². The van der Waals surface area contributed by atoms with Crippen LogP contribution in [0.25, 0.3) is 0 Å². The number of amides is 1. The van der Waals surface area contributed by atoms with Gasteiger partial charge in [0.2, 0.25) is 0 Å². The predicted molar refractivity (Wildman–Crippen MR) is 80.9 cm³/mol. The zero-order chi connectivity index (χ0) is 15.3. The molecule has 0 aliphatic heterocycles. The lowest BCUT2D eigenvalue weighted by atomic mass is 9.48. The maximum absolute atomic E-state index is 13.8. The van der Waals surface area contributed by atoms with Crippen LogP contribution < -0.4 is 11.1 Å². The van der Waals surface area contributed by atoms with Gasteiger partial charge in [-0.05, 0) is 28.1 Å². The van der Waals surface area contributed by atoms with E-state index in [2.05, 4.69) is 21.2 Å². The molecule has 3 N–H and O–H groups in total. The van der Waals surface area contributed by atoms with Crippen LogP contribution in [0.15, 0.2) is 22.7 Å². The zero-order valence-electron chi connectivity index (χ0n) is 12.1. The van der Waals surface area contributed by atoms with E-state index in [4.69, 9.17) is 5.73 Å². The lowest BCUT2D eigenvalue weighted by molar-refractivity contribution is -0.0664. The van der Waals surface area contributed by atoms with E-state index in [0.29, 0.717) is 4.47 Å². The van der Waals surface area contributed by atoms with Gasteiger partial charge in [0.05, 0.1) is 5.56 Å². The lowest BCUT2D eigenvalue weighted by Crippen LogP contribution is -2.76. The molecule has 20 heavy (non-hydrogen) atoms. The largest absolute Gasteiger partial charge is 0.348 e. The summed E-state index contributed by atoms with van der Waals surface area (Å²) in [7, 11) is 0. The summed E-state index contributed by atoms with van der Waals surface area (Å²) in [5.41, 5.74) is 5.78. The molecule has 1 aromatic rings. The Kier molecular flexibility index (Phi) is 3.71. The molecule has 3 nitrogen and oxygen atoms in total. The number of hydrogen-bond acceptors (Lipinski definition) is 2. The van der Waals surface area contributed by atoms with Crippen molar-refractivity contribution in [3.8, 4) is 0 Å². The number of nitrogens with one attached hydrogen (secondary N) is 1. The predicted octanol–water partition coefficient (Wildman–Crippen LogP) is 3.08. The third kappa shape index (κ3) is 2.17. The molecule has 0 bridgehead atoms. The average Bonchev–Trinajstić information content (AvgIpc) is 2.34. The number of carbonyl (C=O) groups excluding carboxylic acids is 1. The quantitative estimate of drug-likeness (QED) is 0.867. The smallest absolute Gasteiger partial charge is 0.255 e. The Morgan fingerprint density at radius 3 is 2.35 bits per heavy atom. The molecule has 1 aliphatic rings. The molecule has 110 valence electrons. The van der Waals surface area contributed by atoms with E-state index in [1.165, 1.54) is 6.07 Å². The van der Waals surface area contributed by atoms with E-state index in [1.807, 2.05) is 27.7 Å². The number of rotatable bonds is 2. The summed E-state index contributed by atoms with van der Waals surface area (Å²) < 4.78 is 14.3. The average molecular weight is 343 g/mol. The molecule has 2 rings (SSSR count). The number of hydrogen-bond donors (Lipinski definition) is 2. The summed E-state index contributed by atoms with van der Waals surface area (Å²) >= 11 is 3.22. The third-order valence-electron chi connectivity index (χ3n) is 4.56. The van der Waals surface area contributed by atoms with Crippen LogP contribution >= 0.6 is 15.9 Å². The number of halogens is 2. The highest BCUT2D eigenvalue weighted by Gasteiger charge is 2.60. The van der Waals surface area contributed by atoms with Gasteiger partial charge < -0.3 is 11.1 Å². The minimum absolute atomic E-state index is 0.00985. The van der Waals surface area contributed by atoms with Gasteiger partial charge in [0.15, 0.2) is 0 Å². The molecule has 0 heterocycles. The SMILES string of the molecule is CC1(C)C(N)C(C)(C)C1NC(=O)c1c(F)cccc1Br. The van der Waals surface area contributed by atoms with Crippen LogP contribution in [-0.2, 0) is 0 Å². The first-order chi connectivity index (χ1) is 9.10. The number of carbonyl (C=O) groups is 1. The van der Waals surface area contributed by atoms with Crippen LogP contribution in [0.4, 0.5) is 4.39 Å². The Labute approximate surface area is 127 Å². The first-order valence-corrected chi connectivity index (χ1v) is 7.40. The van der Waals surface area contributed by atoms with Gasteiger partial charge >= 0.3 is 0 Å². The molecule has 1 aliphatic carbocycles. The van der Waals surface area contributed by atoms with E-state index < -0.39 is 11.7 Å². The minimum Gasteiger partial charge on any atom is -0.348 e. The fraction of sp³-hybridized carbons (Fsp3) is 0.533. The summed E-state index contributed by atoms with van der Waals surface area (Å²) in [6.07, 6.45) is 0. The summed E-state index contributed by atoms with van der Waals surface area (Å²) in [5.74, 6) is -0.941. The maximum atomic E-state index is 13.8. The van der Waals surface area contributed by atoms with Crippen molar-refractivity contribution in [2.75, 3.05) is 0 Å². The van der Waals surface area contributed by atoms with Crippen molar-refractivity contribution >= 4 is 21.8 Å². The minimum atomic E-state index is -0.531. The van der Waals surface area contributed by atoms with Crippen LogP contribution in [0, 0.1) is 16.6 Å². The zero-order valence-corrected chi connectivity index (χ0v) is 13.7. The Bertz CT molecular complexity index is 521. The first-order valence-electron chi connectivity index (χ1n) is 6.60. The van der Waals surface area contributed by atoms with Crippen molar-refractivity contribution < 1.29 is 9.18 Å². The summed E-state index contributed by atoms with van der Waals surface area (Å²) in [5, 5.41) is 2.94. The van der Waals surface area contributed by atoms with Crippen molar-refractivity contribution in [1.29, 1.82) is 0 Å².